The highest BCUT2D eigenvalue weighted by Crippen LogP contribution is 2.33. The van der Waals surface area contributed by atoms with Crippen LogP contribution in [0.25, 0.3) is 16.8 Å². The molecule has 1 aromatic carbocycles. The second-order valence-corrected chi connectivity index (χ2v) is 8.38. The minimum Gasteiger partial charge on any atom is -0.349 e. The molecular weight excluding hydrogens is 368 g/mol. The van der Waals surface area contributed by atoms with E-state index < -0.39 is 0 Å². The van der Waals surface area contributed by atoms with Gasteiger partial charge in [0, 0.05) is 23.0 Å². The van der Waals surface area contributed by atoms with Crippen LogP contribution in [0.2, 0.25) is 0 Å². The number of nitrogens with zero attached hydrogens (tertiary/aromatic N) is 5. The van der Waals surface area contributed by atoms with Crippen molar-refractivity contribution in [3.05, 3.63) is 35.5 Å². The molecule has 1 N–H and O–H groups in total. The average molecular weight is 397 g/mol. The largest absolute Gasteiger partial charge is 0.349 e. The van der Waals surface area contributed by atoms with Crippen LogP contribution in [0.3, 0.4) is 0 Å². The molecule has 0 amide bonds. The van der Waals surface area contributed by atoms with Crippen LogP contribution in [0.5, 0.6) is 0 Å². The summed E-state index contributed by atoms with van der Waals surface area (Å²) in [4.78, 5) is 3.69. The van der Waals surface area contributed by atoms with Crippen molar-refractivity contribution >= 4 is 23.2 Å². The van der Waals surface area contributed by atoms with Crippen molar-refractivity contribution in [2.24, 2.45) is 0 Å². The minimum atomic E-state index is 0.377. The van der Waals surface area contributed by atoms with Gasteiger partial charge in [-0.25, -0.2) is 0 Å². The second kappa shape index (κ2) is 8.09. The number of piperidine rings is 1. The van der Waals surface area contributed by atoms with Gasteiger partial charge in [-0.2, -0.15) is 9.61 Å². The van der Waals surface area contributed by atoms with Crippen LogP contribution in [0.4, 0.5) is 5.95 Å². The molecule has 0 aliphatic carbocycles. The molecule has 28 heavy (non-hydrogen) atoms. The normalized spacial score (nSPS) is 17.9. The van der Waals surface area contributed by atoms with Crippen LogP contribution in [0.15, 0.2) is 29.2 Å². The van der Waals surface area contributed by atoms with Crippen molar-refractivity contribution in [2.75, 3.05) is 31.2 Å². The van der Waals surface area contributed by atoms with Gasteiger partial charge in [0.1, 0.15) is 5.69 Å². The summed E-state index contributed by atoms with van der Waals surface area (Å²) in [6.07, 6.45) is 4.46. The Bertz CT molecular complexity index is 982. The van der Waals surface area contributed by atoms with Gasteiger partial charge in [-0.3, -0.25) is 0 Å². The first-order valence-electron chi connectivity index (χ1n) is 9.96. The minimum absolute atomic E-state index is 0.377. The zero-order valence-corrected chi connectivity index (χ0v) is 17.9. The van der Waals surface area contributed by atoms with Gasteiger partial charge in [0.15, 0.2) is 0 Å². The summed E-state index contributed by atoms with van der Waals surface area (Å²) >= 11 is 1.74. The Morgan fingerprint density at radius 2 is 2.07 bits per heavy atom. The smallest absolute Gasteiger partial charge is 0.244 e. The zero-order chi connectivity index (χ0) is 19.7. The molecule has 1 aliphatic heterocycles. The van der Waals surface area contributed by atoms with Crippen LogP contribution in [0.1, 0.15) is 31.0 Å². The maximum atomic E-state index is 4.71. The topological polar surface area (TPSA) is 58.3 Å². The Balaban J connectivity index is 1.73. The number of anilines is 1. The number of nitrogens with one attached hydrogen (secondary N) is 1. The fourth-order valence-electron chi connectivity index (χ4n) is 3.94. The Hall–Kier alpha value is -2.12. The van der Waals surface area contributed by atoms with Crippen molar-refractivity contribution in [1.29, 1.82) is 0 Å². The molecule has 0 bridgehead atoms. The number of likely N-dealkylation sites (N-methyl/N-ethyl adjacent to an activating group) is 1. The third-order valence-corrected chi connectivity index (χ3v) is 6.20. The van der Waals surface area contributed by atoms with Crippen LogP contribution in [-0.2, 0) is 0 Å². The summed E-state index contributed by atoms with van der Waals surface area (Å²) in [6, 6.07) is 8.95. The lowest BCUT2D eigenvalue weighted by atomic mass is 10.1. The number of rotatable bonds is 5. The lowest BCUT2D eigenvalue weighted by molar-refractivity contribution is 0.226. The first-order valence-corrected chi connectivity index (χ1v) is 11.2. The Morgan fingerprint density at radius 1 is 1.21 bits per heavy atom. The monoisotopic (exact) mass is 396 g/mol. The fraction of sp³-hybridized carbons (Fsp3) is 0.476. The number of hydrogen-bond donors (Lipinski definition) is 1. The maximum absolute atomic E-state index is 4.71. The van der Waals surface area contributed by atoms with E-state index in [1.165, 1.54) is 23.4 Å². The molecule has 7 heteroatoms. The third-order valence-electron chi connectivity index (χ3n) is 5.42. The molecule has 0 saturated carbocycles. The number of hydrogen-bond acceptors (Lipinski definition) is 6. The standard InChI is InChI=1S/C21H28N6S/c1-5-26-10-6-7-16(13-26)22-21-24-23-20(18-12-15(3)25-27(18)21)17-9-8-14(2)11-19(17)28-4/h8-9,11-12,16H,5-7,10,13H2,1-4H3,(H,22,24)/t16-/m1/s1. The summed E-state index contributed by atoms with van der Waals surface area (Å²) in [5.74, 6) is 0.729. The molecule has 1 fully saturated rings. The van der Waals surface area contributed by atoms with Crippen molar-refractivity contribution in [2.45, 2.75) is 44.6 Å². The van der Waals surface area contributed by atoms with Gasteiger partial charge < -0.3 is 10.2 Å². The quantitative estimate of drug-likeness (QED) is 0.657. The summed E-state index contributed by atoms with van der Waals surface area (Å²) in [5.41, 5.74) is 5.21. The van der Waals surface area contributed by atoms with E-state index in [0.29, 0.717) is 6.04 Å². The first kappa shape index (κ1) is 19.2. The van der Waals surface area contributed by atoms with Crippen molar-refractivity contribution in [1.82, 2.24) is 24.7 Å². The van der Waals surface area contributed by atoms with E-state index in [2.05, 4.69) is 64.8 Å². The van der Waals surface area contributed by atoms with E-state index >= 15 is 0 Å². The number of thioether (sulfide) groups is 1. The van der Waals surface area contributed by atoms with Crippen LogP contribution in [0, 0.1) is 13.8 Å². The van der Waals surface area contributed by atoms with Crippen LogP contribution >= 0.6 is 11.8 Å². The maximum Gasteiger partial charge on any atom is 0.244 e. The van der Waals surface area contributed by atoms with Gasteiger partial charge in [0.2, 0.25) is 5.95 Å². The average Bonchev–Trinajstić information content (AvgIpc) is 3.10. The highest BCUT2D eigenvalue weighted by molar-refractivity contribution is 7.98. The molecule has 0 radical (unpaired) electrons. The van der Waals surface area contributed by atoms with Crippen molar-refractivity contribution in [3.63, 3.8) is 0 Å². The van der Waals surface area contributed by atoms with E-state index in [-0.39, 0.29) is 0 Å². The Morgan fingerprint density at radius 3 is 2.86 bits per heavy atom. The third kappa shape index (κ3) is 3.73. The van der Waals surface area contributed by atoms with Crippen LogP contribution in [-0.4, -0.2) is 56.6 Å². The Kier molecular flexibility index (Phi) is 5.55. The summed E-state index contributed by atoms with van der Waals surface area (Å²) in [6.45, 7) is 9.66. The predicted octanol–water partition coefficient (Wildman–Crippen LogP) is 4.03. The SMILES string of the molecule is CCN1CCC[C@@H](Nc2nnc(-c3ccc(C)cc3SC)c3cc(C)nn23)C1. The molecule has 6 nitrogen and oxygen atoms in total. The van der Waals surface area contributed by atoms with Crippen molar-refractivity contribution < 1.29 is 0 Å². The van der Waals surface area contributed by atoms with Gasteiger partial charge >= 0.3 is 0 Å². The van der Waals surface area contributed by atoms with Gasteiger partial charge in [0.05, 0.1) is 11.2 Å². The number of benzene rings is 1. The molecule has 3 heterocycles. The summed E-state index contributed by atoms with van der Waals surface area (Å²) in [5, 5.41) is 17.5. The lowest BCUT2D eigenvalue weighted by Gasteiger charge is -2.32. The molecule has 1 aliphatic rings. The molecule has 4 rings (SSSR count). The molecule has 1 atom stereocenters. The fourth-order valence-corrected chi connectivity index (χ4v) is 4.63. The highest BCUT2D eigenvalue weighted by Gasteiger charge is 2.22. The van der Waals surface area contributed by atoms with E-state index in [1.54, 1.807) is 11.8 Å². The molecule has 0 unspecified atom stereocenters. The number of fused-ring (bicyclic) bond motifs is 1. The first-order chi connectivity index (χ1) is 13.6. The molecule has 1 saturated heterocycles. The zero-order valence-electron chi connectivity index (χ0n) is 17.1. The van der Waals surface area contributed by atoms with E-state index in [4.69, 9.17) is 5.10 Å². The molecule has 0 spiro atoms. The number of aryl methyl sites for hydroxylation is 2. The van der Waals surface area contributed by atoms with Crippen molar-refractivity contribution in [3.8, 4) is 11.3 Å². The Labute approximate surface area is 170 Å². The molecule has 2 aromatic heterocycles. The highest BCUT2D eigenvalue weighted by atomic mass is 32.2. The lowest BCUT2D eigenvalue weighted by Crippen LogP contribution is -2.42. The second-order valence-electron chi connectivity index (χ2n) is 7.54. The van der Waals surface area contributed by atoms with E-state index in [0.717, 1.165) is 47.9 Å². The molecule has 148 valence electrons. The number of aromatic nitrogens is 4. The van der Waals surface area contributed by atoms with E-state index in [9.17, 15) is 0 Å². The summed E-state index contributed by atoms with van der Waals surface area (Å²) < 4.78 is 1.92. The summed E-state index contributed by atoms with van der Waals surface area (Å²) in [7, 11) is 0. The van der Waals surface area contributed by atoms with E-state index in [1.807, 2.05) is 11.4 Å². The van der Waals surface area contributed by atoms with Gasteiger partial charge in [-0.15, -0.1) is 22.0 Å². The van der Waals surface area contributed by atoms with Gasteiger partial charge in [0.25, 0.3) is 0 Å². The number of likely N-dealkylation sites (tertiary alicyclic amines) is 1. The molecular formula is C21H28N6S. The molecule has 3 aromatic rings. The van der Waals surface area contributed by atoms with Gasteiger partial charge in [-0.1, -0.05) is 19.1 Å². The predicted molar refractivity (Wildman–Crippen MR) is 116 cm³/mol. The van der Waals surface area contributed by atoms with Gasteiger partial charge in [-0.05, 0) is 63.7 Å². The van der Waals surface area contributed by atoms with Crippen LogP contribution < -0.4 is 5.32 Å².